The normalized spacial score (nSPS) is 20.6. The maximum absolute atomic E-state index is 9.57. The van der Waals surface area contributed by atoms with Crippen LogP contribution in [-0.2, 0) is 0 Å². The molecule has 1 fully saturated rings. The zero-order chi connectivity index (χ0) is 15.6. The van der Waals surface area contributed by atoms with Gasteiger partial charge in [-0.3, -0.25) is 0 Å². The minimum absolute atomic E-state index is 0.0792. The lowest BCUT2D eigenvalue weighted by atomic mass is 9.92. The third-order valence-electron chi connectivity index (χ3n) is 5.01. The minimum Gasteiger partial charge on any atom is -0.394 e. The van der Waals surface area contributed by atoms with E-state index in [-0.39, 0.29) is 12.1 Å². The van der Waals surface area contributed by atoms with Crippen LogP contribution in [0.15, 0.2) is 0 Å². The van der Waals surface area contributed by atoms with Crippen molar-refractivity contribution < 1.29 is 5.11 Å². The van der Waals surface area contributed by atoms with Crippen LogP contribution < -0.4 is 5.32 Å². The molecule has 21 heavy (non-hydrogen) atoms. The summed E-state index contributed by atoms with van der Waals surface area (Å²) in [6.45, 7) is 11.7. The monoisotopic (exact) mass is 298 g/mol. The largest absolute Gasteiger partial charge is 0.394 e. The SMILES string of the molecule is CCCNC(C)(CO)CCCCN1CCC(CCC)CC1. The first kappa shape index (κ1) is 18.9. The Morgan fingerprint density at radius 1 is 1.14 bits per heavy atom. The Morgan fingerprint density at radius 3 is 2.43 bits per heavy atom. The molecule has 3 nitrogen and oxygen atoms in total. The second-order valence-electron chi connectivity index (χ2n) is 7.18. The summed E-state index contributed by atoms with van der Waals surface area (Å²) in [6.07, 6.45) is 10.3. The molecule has 0 spiro atoms. The van der Waals surface area contributed by atoms with Gasteiger partial charge in [0, 0.05) is 5.54 Å². The number of hydrogen-bond acceptors (Lipinski definition) is 3. The maximum Gasteiger partial charge on any atom is 0.0610 e. The van der Waals surface area contributed by atoms with E-state index in [2.05, 4.69) is 31.0 Å². The van der Waals surface area contributed by atoms with Crippen LogP contribution in [0.4, 0.5) is 0 Å². The number of piperidine rings is 1. The van der Waals surface area contributed by atoms with Crippen LogP contribution in [0.1, 0.15) is 72.1 Å². The van der Waals surface area contributed by atoms with E-state index in [0.717, 1.165) is 25.3 Å². The highest BCUT2D eigenvalue weighted by molar-refractivity contribution is 4.82. The molecule has 1 unspecified atom stereocenters. The number of nitrogens with one attached hydrogen (secondary N) is 1. The fourth-order valence-electron chi connectivity index (χ4n) is 3.41. The lowest BCUT2D eigenvalue weighted by Crippen LogP contribution is -2.46. The maximum atomic E-state index is 9.57. The summed E-state index contributed by atoms with van der Waals surface area (Å²) in [7, 11) is 0. The Kier molecular flexibility index (Phi) is 9.54. The lowest BCUT2D eigenvalue weighted by molar-refractivity contribution is 0.153. The minimum atomic E-state index is -0.0792. The van der Waals surface area contributed by atoms with Gasteiger partial charge in [-0.1, -0.05) is 33.1 Å². The van der Waals surface area contributed by atoms with Crippen molar-refractivity contribution in [2.45, 2.75) is 77.7 Å². The van der Waals surface area contributed by atoms with Crippen LogP contribution in [0.25, 0.3) is 0 Å². The van der Waals surface area contributed by atoms with E-state index in [9.17, 15) is 5.11 Å². The van der Waals surface area contributed by atoms with Crippen molar-refractivity contribution >= 4 is 0 Å². The first-order valence-electron chi connectivity index (χ1n) is 9.21. The van der Waals surface area contributed by atoms with Crippen LogP contribution in [0.5, 0.6) is 0 Å². The van der Waals surface area contributed by atoms with E-state index in [1.165, 1.54) is 58.2 Å². The summed E-state index contributed by atoms with van der Waals surface area (Å²) in [4.78, 5) is 2.64. The van der Waals surface area contributed by atoms with Gasteiger partial charge in [0.1, 0.15) is 0 Å². The van der Waals surface area contributed by atoms with Gasteiger partial charge in [0.05, 0.1) is 6.61 Å². The summed E-state index contributed by atoms with van der Waals surface area (Å²) in [5.74, 6) is 0.988. The molecule has 0 aromatic rings. The standard InChI is InChI=1S/C18H38N2O/c1-4-8-17-9-14-20(15-10-17)13-7-6-11-18(3,16-21)19-12-5-2/h17,19,21H,4-16H2,1-3H3. The van der Waals surface area contributed by atoms with Crippen molar-refractivity contribution in [3.63, 3.8) is 0 Å². The van der Waals surface area contributed by atoms with Gasteiger partial charge in [0.25, 0.3) is 0 Å². The number of likely N-dealkylation sites (tertiary alicyclic amines) is 1. The number of unbranched alkanes of at least 4 members (excludes halogenated alkanes) is 1. The van der Waals surface area contributed by atoms with Crippen LogP contribution in [0, 0.1) is 5.92 Å². The third kappa shape index (κ3) is 7.62. The summed E-state index contributed by atoms with van der Waals surface area (Å²) in [6, 6.07) is 0. The van der Waals surface area contributed by atoms with Crippen molar-refractivity contribution in [2.75, 3.05) is 32.8 Å². The van der Waals surface area contributed by atoms with Crippen molar-refractivity contribution in [3.8, 4) is 0 Å². The molecule has 126 valence electrons. The molecule has 0 saturated carbocycles. The zero-order valence-corrected chi connectivity index (χ0v) is 14.7. The molecule has 0 radical (unpaired) electrons. The molecule has 1 aliphatic heterocycles. The Bertz CT molecular complexity index is 252. The summed E-state index contributed by atoms with van der Waals surface area (Å²) >= 11 is 0. The molecular weight excluding hydrogens is 260 g/mol. The van der Waals surface area contributed by atoms with Gasteiger partial charge in [-0.15, -0.1) is 0 Å². The summed E-state index contributed by atoms with van der Waals surface area (Å²) in [5.41, 5.74) is -0.0792. The quantitative estimate of drug-likeness (QED) is 0.574. The number of hydrogen-bond donors (Lipinski definition) is 2. The molecule has 1 saturated heterocycles. The topological polar surface area (TPSA) is 35.5 Å². The van der Waals surface area contributed by atoms with Gasteiger partial charge >= 0.3 is 0 Å². The first-order valence-corrected chi connectivity index (χ1v) is 9.21. The fourth-order valence-corrected chi connectivity index (χ4v) is 3.41. The van der Waals surface area contributed by atoms with Gasteiger partial charge in [0.2, 0.25) is 0 Å². The molecule has 1 aliphatic rings. The molecule has 1 heterocycles. The molecular formula is C18H38N2O. The third-order valence-corrected chi connectivity index (χ3v) is 5.01. The van der Waals surface area contributed by atoms with E-state index in [4.69, 9.17) is 0 Å². The van der Waals surface area contributed by atoms with E-state index in [1.54, 1.807) is 0 Å². The summed E-state index contributed by atoms with van der Waals surface area (Å²) < 4.78 is 0. The van der Waals surface area contributed by atoms with E-state index < -0.39 is 0 Å². The van der Waals surface area contributed by atoms with E-state index in [1.807, 2.05) is 0 Å². The van der Waals surface area contributed by atoms with Crippen LogP contribution >= 0.6 is 0 Å². The van der Waals surface area contributed by atoms with Crippen molar-refractivity contribution in [1.29, 1.82) is 0 Å². The fraction of sp³-hybridized carbons (Fsp3) is 1.00. The van der Waals surface area contributed by atoms with Crippen molar-refractivity contribution in [3.05, 3.63) is 0 Å². The number of rotatable bonds is 11. The highest BCUT2D eigenvalue weighted by Crippen LogP contribution is 2.22. The van der Waals surface area contributed by atoms with Gasteiger partial charge in [-0.05, 0) is 71.1 Å². The molecule has 0 aromatic heterocycles. The van der Waals surface area contributed by atoms with Gasteiger partial charge < -0.3 is 15.3 Å². The van der Waals surface area contributed by atoms with Crippen LogP contribution in [0.3, 0.4) is 0 Å². The van der Waals surface area contributed by atoms with Crippen molar-refractivity contribution in [1.82, 2.24) is 10.2 Å². The Hall–Kier alpha value is -0.120. The predicted molar refractivity (Wildman–Crippen MR) is 91.7 cm³/mol. The van der Waals surface area contributed by atoms with Crippen LogP contribution in [0.2, 0.25) is 0 Å². The Labute approximate surface area is 132 Å². The van der Waals surface area contributed by atoms with Gasteiger partial charge in [0.15, 0.2) is 0 Å². The predicted octanol–water partition coefficient (Wildman–Crippen LogP) is 3.42. The van der Waals surface area contributed by atoms with E-state index in [0.29, 0.717) is 0 Å². The molecule has 0 amide bonds. The molecule has 0 bridgehead atoms. The number of nitrogens with zero attached hydrogens (tertiary/aromatic N) is 1. The molecule has 1 rings (SSSR count). The molecule has 0 aromatic carbocycles. The molecule has 2 N–H and O–H groups in total. The lowest BCUT2D eigenvalue weighted by Gasteiger charge is -2.32. The first-order chi connectivity index (χ1) is 10.1. The Morgan fingerprint density at radius 2 is 1.86 bits per heavy atom. The highest BCUT2D eigenvalue weighted by atomic mass is 16.3. The second kappa shape index (κ2) is 10.6. The average molecular weight is 299 g/mol. The zero-order valence-electron chi connectivity index (χ0n) is 14.7. The molecule has 3 heteroatoms. The number of aliphatic hydroxyl groups excluding tert-OH is 1. The van der Waals surface area contributed by atoms with Gasteiger partial charge in [-0.2, -0.15) is 0 Å². The molecule has 0 aliphatic carbocycles. The number of aliphatic hydroxyl groups is 1. The average Bonchev–Trinajstić information content (AvgIpc) is 2.51. The molecule has 1 atom stereocenters. The highest BCUT2D eigenvalue weighted by Gasteiger charge is 2.22. The second-order valence-corrected chi connectivity index (χ2v) is 7.18. The smallest absolute Gasteiger partial charge is 0.0610 e. The van der Waals surface area contributed by atoms with Crippen LogP contribution in [-0.4, -0.2) is 48.3 Å². The summed E-state index contributed by atoms with van der Waals surface area (Å²) in [5, 5.41) is 13.1. The van der Waals surface area contributed by atoms with Crippen molar-refractivity contribution in [2.24, 2.45) is 5.92 Å². The van der Waals surface area contributed by atoms with Gasteiger partial charge in [-0.25, -0.2) is 0 Å². The van der Waals surface area contributed by atoms with E-state index >= 15 is 0 Å². The Balaban J connectivity index is 2.11.